The Kier molecular flexibility index (Phi) is 3.88. The quantitative estimate of drug-likeness (QED) is 0.746. The van der Waals surface area contributed by atoms with Crippen LogP contribution in [-0.2, 0) is 0 Å². The summed E-state index contributed by atoms with van der Waals surface area (Å²) in [5.74, 6) is -1.11. The van der Waals surface area contributed by atoms with Gasteiger partial charge in [0.1, 0.15) is 5.69 Å². The van der Waals surface area contributed by atoms with E-state index in [9.17, 15) is 9.90 Å². The van der Waals surface area contributed by atoms with Crippen molar-refractivity contribution in [2.24, 2.45) is 0 Å². The Morgan fingerprint density at radius 3 is 2.68 bits per heavy atom. The Morgan fingerprint density at radius 2 is 2.00 bits per heavy atom. The summed E-state index contributed by atoms with van der Waals surface area (Å²) in [6.45, 7) is 0. The fourth-order valence-electron chi connectivity index (χ4n) is 2.12. The Morgan fingerprint density at radius 1 is 1.23 bits per heavy atom. The van der Waals surface area contributed by atoms with Gasteiger partial charge in [0.25, 0.3) is 0 Å². The molecule has 0 aliphatic heterocycles. The third-order valence-electron chi connectivity index (χ3n) is 3.12. The minimum Gasteiger partial charge on any atom is -0.476 e. The summed E-state index contributed by atoms with van der Waals surface area (Å²) in [5, 5.41) is 17.2. The fraction of sp³-hybridized carbons (Fsp3) is 0.0667. The molecule has 3 rings (SSSR count). The zero-order valence-corrected chi connectivity index (χ0v) is 12.5. The molecule has 0 amide bonds. The number of carbonyl (C=O) groups is 1. The van der Waals surface area contributed by atoms with Gasteiger partial charge in [0.2, 0.25) is 0 Å². The maximum absolute atomic E-state index is 11.4. The smallest absolute Gasteiger partial charge is 0.358 e. The van der Waals surface area contributed by atoms with Crippen molar-refractivity contribution < 1.29 is 9.90 Å². The SMILES string of the molecule is CSc1cccc(-n2nnc(C(=O)O)c2-c2ccncc2)c1. The van der Waals surface area contributed by atoms with Gasteiger partial charge in [-0.2, -0.15) is 0 Å². The highest BCUT2D eigenvalue weighted by atomic mass is 32.2. The molecule has 0 fully saturated rings. The molecule has 0 radical (unpaired) electrons. The monoisotopic (exact) mass is 312 g/mol. The lowest BCUT2D eigenvalue weighted by atomic mass is 10.1. The first kappa shape index (κ1) is 14.3. The molecule has 1 aromatic carbocycles. The Bertz CT molecular complexity index is 817. The van der Waals surface area contributed by atoms with Crippen molar-refractivity contribution in [3.05, 3.63) is 54.5 Å². The average molecular weight is 312 g/mol. The van der Waals surface area contributed by atoms with Gasteiger partial charge in [-0.15, -0.1) is 16.9 Å². The molecule has 7 heteroatoms. The van der Waals surface area contributed by atoms with E-state index < -0.39 is 5.97 Å². The lowest BCUT2D eigenvalue weighted by molar-refractivity contribution is 0.0691. The normalized spacial score (nSPS) is 10.6. The third-order valence-corrected chi connectivity index (χ3v) is 3.85. The maximum Gasteiger partial charge on any atom is 0.358 e. The number of hydrogen-bond acceptors (Lipinski definition) is 5. The van der Waals surface area contributed by atoms with Crippen LogP contribution in [0.25, 0.3) is 16.9 Å². The number of carboxylic acids is 1. The van der Waals surface area contributed by atoms with Crippen LogP contribution < -0.4 is 0 Å². The third kappa shape index (κ3) is 2.58. The van der Waals surface area contributed by atoms with Crippen LogP contribution in [0.4, 0.5) is 0 Å². The molecule has 0 atom stereocenters. The zero-order valence-electron chi connectivity index (χ0n) is 11.7. The van der Waals surface area contributed by atoms with Crippen LogP contribution in [0.1, 0.15) is 10.5 Å². The van der Waals surface area contributed by atoms with Gasteiger partial charge >= 0.3 is 5.97 Å². The first-order chi connectivity index (χ1) is 10.7. The molecule has 0 spiro atoms. The summed E-state index contributed by atoms with van der Waals surface area (Å²) >= 11 is 1.60. The van der Waals surface area contributed by atoms with Gasteiger partial charge in [0, 0.05) is 22.9 Å². The number of benzene rings is 1. The van der Waals surface area contributed by atoms with Crippen LogP contribution in [0.5, 0.6) is 0 Å². The topological polar surface area (TPSA) is 80.9 Å². The van der Waals surface area contributed by atoms with Crippen molar-refractivity contribution in [3.8, 4) is 16.9 Å². The van der Waals surface area contributed by atoms with Crippen LogP contribution in [0, 0.1) is 0 Å². The van der Waals surface area contributed by atoms with Gasteiger partial charge in [0.05, 0.1) is 5.69 Å². The number of aromatic carboxylic acids is 1. The van der Waals surface area contributed by atoms with Gasteiger partial charge in [-0.05, 0) is 36.6 Å². The largest absolute Gasteiger partial charge is 0.476 e. The van der Waals surface area contributed by atoms with Crippen molar-refractivity contribution in [2.75, 3.05) is 6.26 Å². The predicted molar refractivity (Wildman–Crippen MR) is 83.3 cm³/mol. The van der Waals surface area contributed by atoms with Crippen LogP contribution in [0.2, 0.25) is 0 Å². The first-order valence-electron chi connectivity index (χ1n) is 6.44. The number of rotatable bonds is 4. The standard InChI is InChI=1S/C15H12N4O2S/c1-22-12-4-2-3-11(9-12)19-14(10-5-7-16-8-6-10)13(15(20)21)17-18-19/h2-9H,1H3,(H,20,21). The summed E-state index contributed by atoms with van der Waals surface area (Å²) in [6, 6.07) is 11.2. The second-order valence-corrected chi connectivity index (χ2v) is 5.32. The van der Waals surface area contributed by atoms with Crippen molar-refractivity contribution in [1.29, 1.82) is 0 Å². The van der Waals surface area contributed by atoms with Crippen LogP contribution in [0.3, 0.4) is 0 Å². The van der Waals surface area contributed by atoms with Gasteiger partial charge in [-0.3, -0.25) is 4.98 Å². The molecule has 2 aromatic heterocycles. The van der Waals surface area contributed by atoms with E-state index in [1.54, 1.807) is 41.0 Å². The van der Waals surface area contributed by atoms with Gasteiger partial charge in [-0.1, -0.05) is 11.3 Å². The van der Waals surface area contributed by atoms with Crippen LogP contribution >= 0.6 is 11.8 Å². The van der Waals surface area contributed by atoms with Crippen molar-refractivity contribution >= 4 is 17.7 Å². The molecule has 110 valence electrons. The molecule has 22 heavy (non-hydrogen) atoms. The van der Waals surface area contributed by atoms with E-state index in [-0.39, 0.29) is 5.69 Å². The van der Waals surface area contributed by atoms with E-state index in [0.717, 1.165) is 10.6 Å². The minimum atomic E-state index is -1.11. The highest BCUT2D eigenvalue weighted by molar-refractivity contribution is 7.98. The minimum absolute atomic E-state index is 0.0826. The van der Waals surface area contributed by atoms with E-state index in [0.29, 0.717) is 11.3 Å². The van der Waals surface area contributed by atoms with E-state index >= 15 is 0 Å². The summed E-state index contributed by atoms with van der Waals surface area (Å²) in [4.78, 5) is 16.4. The molecule has 0 saturated carbocycles. The Labute approximate surface area is 130 Å². The number of hydrogen-bond donors (Lipinski definition) is 1. The molecular formula is C15H12N4O2S. The predicted octanol–water partition coefficient (Wildman–Crippen LogP) is 2.75. The Hall–Kier alpha value is -2.67. The molecule has 2 heterocycles. The molecule has 6 nitrogen and oxygen atoms in total. The summed E-state index contributed by atoms with van der Waals surface area (Å²) in [7, 11) is 0. The maximum atomic E-state index is 11.4. The number of nitrogens with zero attached hydrogens (tertiary/aromatic N) is 4. The van der Waals surface area contributed by atoms with E-state index in [2.05, 4.69) is 15.3 Å². The van der Waals surface area contributed by atoms with Crippen LogP contribution in [0.15, 0.2) is 53.7 Å². The summed E-state index contributed by atoms with van der Waals surface area (Å²) in [6.07, 6.45) is 5.19. The fourth-order valence-corrected chi connectivity index (χ4v) is 2.57. The van der Waals surface area contributed by atoms with E-state index in [1.807, 2.05) is 30.5 Å². The van der Waals surface area contributed by atoms with Crippen molar-refractivity contribution in [1.82, 2.24) is 20.0 Å². The number of carboxylic acid groups (broad SMARTS) is 1. The number of thioether (sulfide) groups is 1. The average Bonchev–Trinajstić information content (AvgIpc) is 3.01. The number of aromatic nitrogens is 4. The lowest BCUT2D eigenvalue weighted by Gasteiger charge is -2.08. The molecular weight excluding hydrogens is 300 g/mol. The molecule has 0 saturated heterocycles. The van der Waals surface area contributed by atoms with Crippen molar-refractivity contribution in [2.45, 2.75) is 4.90 Å². The molecule has 0 aliphatic rings. The Balaban J connectivity index is 2.22. The summed E-state index contributed by atoms with van der Waals surface area (Å²) < 4.78 is 1.54. The van der Waals surface area contributed by atoms with Gasteiger partial charge < -0.3 is 5.11 Å². The highest BCUT2D eigenvalue weighted by Gasteiger charge is 2.21. The number of pyridine rings is 1. The van der Waals surface area contributed by atoms with Crippen LogP contribution in [-0.4, -0.2) is 37.3 Å². The molecule has 0 unspecified atom stereocenters. The second kappa shape index (κ2) is 5.98. The summed E-state index contributed by atoms with van der Waals surface area (Å²) in [5.41, 5.74) is 1.82. The van der Waals surface area contributed by atoms with Crippen molar-refractivity contribution in [3.63, 3.8) is 0 Å². The van der Waals surface area contributed by atoms with Gasteiger partial charge in [0.15, 0.2) is 5.69 Å². The zero-order chi connectivity index (χ0) is 15.5. The molecule has 1 N–H and O–H groups in total. The highest BCUT2D eigenvalue weighted by Crippen LogP contribution is 2.26. The molecule has 0 aliphatic carbocycles. The molecule has 3 aromatic rings. The van der Waals surface area contributed by atoms with Gasteiger partial charge in [-0.25, -0.2) is 9.48 Å². The van der Waals surface area contributed by atoms with E-state index in [1.165, 1.54) is 0 Å². The first-order valence-corrected chi connectivity index (χ1v) is 7.67. The molecule has 0 bridgehead atoms. The van der Waals surface area contributed by atoms with E-state index in [4.69, 9.17) is 0 Å². The second-order valence-electron chi connectivity index (χ2n) is 4.44. The lowest BCUT2D eigenvalue weighted by Crippen LogP contribution is -2.03.